The van der Waals surface area contributed by atoms with Gasteiger partial charge in [0.15, 0.2) is 10.8 Å². The summed E-state index contributed by atoms with van der Waals surface area (Å²) in [4.78, 5) is 16.3. The molecule has 3 rings (SSSR count). The van der Waals surface area contributed by atoms with E-state index < -0.39 is 0 Å². The molecule has 1 aliphatic carbocycles. The summed E-state index contributed by atoms with van der Waals surface area (Å²) >= 11 is 1.47. The first-order valence-electron chi connectivity index (χ1n) is 6.99. The van der Waals surface area contributed by atoms with Crippen molar-refractivity contribution < 1.29 is 14.3 Å². The number of carbonyl (C=O) groups is 1. The Hall–Kier alpha value is -1.66. The van der Waals surface area contributed by atoms with Gasteiger partial charge in [-0.3, -0.25) is 4.79 Å². The number of carbonyl (C=O) groups excluding carboxylic acids is 1. The maximum absolute atomic E-state index is 11.9. The molecule has 0 atom stereocenters. The van der Waals surface area contributed by atoms with E-state index >= 15 is 0 Å². The Morgan fingerprint density at radius 2 is 2.33 bits per heavy atom. The van der Waals surface area contributed by atoms with Gasteiger partial charge >= 0.3 is 0 Å². The van der Waals surface area contributed by atoms with Crippen LogP contribution in [0.25, 0.3) is 10.8 Å². The first-order chi connectivity index (χ1) is 10.1. The summed E-state index contributed by atoms with van der Waals surface area (Å²) in [7, 11) is 0. The van der Waals surface area contributed by atoms with Crippen molar-refractivity contribution in [3.63, 3.8) is 0 Å². The number of amides is 1. The number of nitrogens with one attached hydrogen (secondary N) is 1. The fraction of sp³-hybridized carbons (Fsp3) is 0.467. The van der Waals surface area contributed by atoms with Crippen molar-refractivity contribution >= 4 is 17.2 Å². The smallest absolute Gasteiger partial charge is 0.226 e. The van der Waals surface area contributed by atoms with Crippen LogP contribution >= 0.6 is 11.3 Å². The highest BCUT2D eigenvalue weighted by atomic mass is 32.1. The minimum absolute atomic E-state index is 0.0535. The van der Waals surface area contributed by atoms with Gasteiger partial charge in [0.25, 0.3) is 0 Å². The highest BCUT2D eigenvalue weighted by Gasteiger charge is 2.42. The molecular weight excluding hydrogens is 288 g/mol. The third kappa shape index (κ3) is 3.33. The Labute approximate surface area is 127 Å². The molecule has 0 bridgehead atoms. The molecule has 0 aromatic carbocycles. The van der Waals surface area contributed by atoms with Crippen molar-refractivity contribution in [3.8, 4) is 10.8 Å². The van der Waals surface area contributed by atoms with Crippen LogP contribution in [0.3, 0.4) is 0 Å². The topological polar surface area (TPSA) is 75.4 Å². The van der Waals surface area contributed by atoms with E-state index in [-0.39, 0.29) is 24.3 Å². The lowest BCUT2D eigenvalue weighted by Crippen LogP contribution is -2.32. The predicted molar refractivity (Wildman–Crippen MR) is 80.0 cm³/mol. The van der Waals surface area contributed by atoms with Crippen LogP contribution in [-0.2, 0) is 11.2 Å². The quantitative estimate of drug-likeness (QED) is 0.857. The number of hydrogen-bond donors (Lipinski definition) is 2. The van der Waals surface area contributed by atoms with Crippen LogP contribution in [0.2, 0.25) is 0 Å². The van der Waals surface area contributed by atoms with Gasteiger partial charge in [-0.15, -0.1) is 11.3 Å². The zero-order valence-electron chi connectivity index (χ0n) is 11.9. The first kappa shape index (κ1) is 14.3. The zero-order chi connectivity index (χ0) is 14.9. The summed E-state index contributed by atoms with van der Waals surface area (Å²) in [5.74, 6) is 1.53. The first-order valence-corrected chi connectivity index (χ1v) is 7.87. The van der Waals surface area contributed by atoms with Crippen LogP contribution in [0.5, 0.6) is 0 Å². The minimum Gasteiger partial charge on any atom is -0.459 e. The largest absolute Gasteiger partial charge is 0.459 e. The second-order valence-electron chi connectivity index (χ2n) is 5.67. The minimum atomic E-state index is -0.0609. The van der Waals surface area contributed by atoms with Crippen LogP contribution < -0.4 is 5.32 Å². The second-order valence-corrected chi connectivity index (χ2v) is 6.52. The van der Waals surface area contributed by atoms with Crippen molar-refractivity contribution in [1.29, 1.82) is 0 Å². The van der Waals surface area contributed by atoms with Gasteiger partial charge in [-0.1, -0.05) is 0 Å². The second kappa shape index (κ2) is 5.61. The molecule has 0 radical (unpaired) electrons. The van der Waals surface area contributed by atoms with Crippen molar-refractivity contribution in [2.24, 2.45) is 5.41 Å². The molecule has 1 amide bonds. The molecule has 6 heteroatoms. The molecule has 0 aliphatic heterocycles. The number of rotatable bonds is 6. The standard InChI is InChI=1S/C15H18N2O3S/c1-10-2-3-12(20-10)14-17-11(7-21-14)6-13(19)16-8-15(9-18)4-5-15/h2-3,7,18H,4-6,8-9H2,1H3,(H,16,19). The number of aliphatic hydroxyl groups excluding tert-OH is 1. The number of hydrogen-bond acceptors (Lipinski definition) is 5. The number of furan rings is 1. The van der Waals surface area contributed by atoms with Crippen LogP contribution in [0.1, 0.15) is 24.3 Å². The lowest BCUT2D eigenvalue weighted by molar-refractivity contribution is -0.120. The van der Waals surface area contributed by atoms with Gasteiger partial charge in [-0.2, -0.15) is 0 Å². The van der Waals surface area contributed by atoms with E-state index in [1.54, 1.807) is 0 Å². The van der Waals surface area contributed by atoms with Gasteiger partial charge in [0.05, 0.1) is 18.7 Å². The SMILES string of the molecule is Cc1ccc(-c2nc(CC(=O)NCC3(CO)CC3)cs2)o1. The molecule has 1 aliphatic rings. The number of aromatic nitrogens is 1. The molecule has 2 aromatic heterocycles. The molecule has 1 saturated carbocycles. The van der Waals surface area contributed by atoms with Crippen molar-refractivity contribution in [3.05, 3.63) is 29.0 Å². The molecule has 0 saturated heterocycles. The maximum atomic E-state index is 11.9. The maximum Gasteiger partial charge on any atom is 0.226 e. The number of aliphatic hydroxyl groups is 1. The van der Waals surface area contributed by atoms with Gasteiger partial charge < -0.3 is 14.8 Å². The van der Waals surface area contributed by atoms with Gasteiger partial charge in [-0.05, 0) is 31.9 Å². The van der Waals surface area contributed by atoms with Crippen molar-refractivity contribution in [2.45, 2.75) is 26.2 Å². The van der Waals surface area contributed by atoms with E-state index in [2.05, 4.69) is 10.3 Å². The summed E-state index contributed by atoms with van der Waals surface area (Å²) < 4.78 is 5.52. The Morgan fingerprint density at radius 3 is 2.95 bits per heavy atom. The van der Waals surface area contributed by atoms with E-state index in [4.69, 9.17) is 4.42 Å². The van der Waals surface area contributed by atoms with Gasteiger partial charge in [-0.25, -0.2) is 4.98 Å². The lowest BCUT2D eigenvalue weighted by atomic mass is 10.1. The van der Waals surface area contributed by atoms with Crippen molar-refractivity contribution in [2.75, 3.05) is 13.2 Å². The lowest BCUT2D eigenvalue weighted by Gasteiger charge is -2.12. The van der Waals surface area contributed by atoms with E-state index in [1.807, 2.05) is 24.4 Å². The Balaban J connectivity index is 1.55. The number of thiazole rings is 1. The average Bonchev–Trinajstić information content (AvgIpc) is 2.88. The molecule has 2 aromatic rings. The van der Waals surface area contributed by atoms with E-state index in [9.17, 15) is 9.90 Å². The molecule has 21 heavy (non-hydrogen) atoms. The van der Waals surface area contributed by atoms with E-state index in [0.29, 0.717) is 6.54 Å². The monoisotopic (exact) mass is 306 g/mol. The average molecular weight is 306 g/mol. The van der Waals surface area contributed by atoms with E-state index in [1.165, 1.54) is 11.3 Å². The molecule has 112 valence electrons. The fourth-order valence-electron chi connectivity index (χ4n) is 2.13. The van der Waals surface area contributed by atoms with Gasteiger partial charge in [0.1, 0.15) is 5.76 Å². The Bertz CT molecular complexity index is 643. The summed E-state index contributed by atoms with van der Waals surface area (Å²) in [5.41, 5.74) is 0.685. The predicted octanol–water partition coefficient (Wildman–Crippen LogP) is 2.14. The summed E-state index contributed by atoms with van der Waals surface area (Å²) in [5, 5.41) is 14.8. The normalized spacial score (nSPS) is 15.9. The molecule has 2 N–H and O–H groups in total. The Kier molecular flexibility index (Phi) is 3.82. The zero-order valence-corrected chi connectivity index (χ0v) is 12.7. The molecule has 5 nitrogen and oxygen atoms in total. The number of aryl methyl sites for hydroxylation is 1. The third-order valence-corrected chi connectivity index (χ3v) is 4.70. The highest BCUT2D eigenvalue weighted by Crippen LogP contribution is 2.44. The summed E-state index contributed by atoms with van der Waals surface area (Å²) in [6.07, 6.45) is 2.24. The highest BCUT2D eigenvalue weighted by molar-refractivity contribution is 7.13. The molecular formula is C15H18N2O3S. The third-order valence-electron chi connectivity index (χ3n) is 3.80. The van der Waals surface area contributed by atoms with Crippen LogP contribution in [0.4, 0.5) is 0 Å². The van der Waals surface area contributed by atoms with Gasteiger partial charge in [0.2, 0.25) is 5.91 Å². The number of nitrogens with zero attached hydrogens (tertiary/aromatic N) is 1. The van der Waals surface area contributed by atoms with Crippen molar-refractivity contribution in [1.82, 2.24) is 10.3 Å². The van der Waals surface area contributed by atoms with Crippen LogP contribution in [-0.4, -0.2) is 29.1 Å². The molecule has 0 spiro atoms. The van der Waals surface area contributed by atoms with Crippen LogP contribution in [0, 0.1) is 12.3 Å². The van der Waals surface area contributed by atoms with Crippen LogP contribution in [0.15, 0.2) is 21.9 Å². The fourth-order valence-corrected chi connectivity index (χ4v) is 2.91. The summed E-state index contributed by atoms with van der Waals surface area (Å²) in [6, 6.07) is 3.78. The molecule has 1 fully saturated rings. The van der Waals surface area contributed by atoms with Gasteiger partial charge in [0, 0.05) is 17.3 Å². The Morgan fingerprint density at radius 1 is 1.52 bits per heavy atom. The summed E-state index contributed by atoms with van der Waals surface area (Å²) in [6.45, 7) is 2.59. The van der Waals surface area contributed by atoms with E-state index in [0.717, 1.165) is 35.1 Å². The molecule has 0 unspecified atom stereocenters. The molecule has 2 heterocycles.